The Labute approximate surface area is 118 Å². The van der Waals surface area contributed by atoms with E-state index in [0.717, 1.165) is 0 Å². The molecule has 0 aliphatic rings. The van der Waals surface area contributed by atoms with Crippen molar-refractivity contribution in [3.05, 3.63) is 23.8 Å². The number of carbonyl (C=O) groups excluding carboxylic acids is 2. The minimum atomic E-state index is -0.913. The van der Waals surface area contributed by atoms with Gasteiger partial charge in [0.1, 0.15) is 0 Å². The molecule has 4 N–H and O–H groups in total. The van der Waals surface area contributed by atoms with Crippen molar-refractivity contribution < 1.29 is 19.1 Å². The van der Waals surface area contributed by atoms with Crippen molar-refractivity contribution in [2.24, 2.45) is 0 Å². The monoisotopic (exact) mass is 280 g/mol. The summed E-state index contributed by atoms with van der Waals surface area (Å²) < 4.78 is 10.1. The number of hydrogen-bond donors (Lipinski definition) is 2. The topological polar surface area (TPSA) is 105 Å². The van der Waals surface area contributed by atoms with Gasteiger partial charge in [-0.15, -0.1) is 0 Å². The average Bonchev–Trinajstić information content (AvgIpc) is 2.38. The molecule has 1 rings (SSSR count). The quantitative estimate of drug-likeness (QED) is 0.607. The van der Waals surface area contributed by atoms with Crippen LogP contribution in [0.15, 0.2) is 18.2 Å². The molecule has 0 amide bonds. The molecule has 0 heterocycles. The molecule has 6 heteroatoms. The highest BCUT2D eigenvalue weighted by molar-refractivity contribution is 5.97. The van der Waals surface area contributed by atoms with Gasteiger partial charge in [-0.2, -0.15) is 0 Å². The van der Waals surface area contributed by atoms with Gasteiger partial charge in [0.05, 0.1) is 12.2 Å². The maximum absolute atomic E-state index is 12.0. The molecule has 1 atom stereocenters. The third kappa shape index (κ3) is 4.15. The van der Waals surface area contributed by atoms with Gasteiger partial charge in [0.25, 0.3) is 0 Å². The second kappa shape index (κ2) is 7.37. The molecule has 0 fully saturated rings. The lowest BCUT2D eigenvalue weighted by molar-refractivity contribution is -0.153. The van der Waals surface area contributed by atoms with Crippen LogP contribution in [-0.2, 0) is 14.3 Å². The molecule has 0 saturated carbocycles. The van der Waals surface area contributed by atoms with Gasteiger partial charge in [-0.1, -0.05) is 13.3 Å². The Balaban J connectivity index is 2.82. The lowest BCUT2D eigenvalue weighted by Gasteiger charge is -2.16. The largest absolute Gasteiger partial charge is 0.463 e. The Morgan fingerprint density at radius 2 is 1.95 bits per heavy atom. The van der Waals surface area contributed by atoms with Crippen LogP contribution >= 0.6 is 0 Å². The van der Waals surface area contributed by atoms with E-state index in [1.54, 1.807) is 13.0 Å². The summed E-state index contributed by atoms with van der Waals surface area (Å²) in [5.41, 5.74) is 12.1. The summed E-state index contributed by atoms with van der Waals surface area (Å²) in [7, 11) is 0. The van der Waals surface area contributed by atoms with Crippen molar-refractivity contribution in [3.63, 3.8) is 0 Å². The lowest BCUT2D eigenvalue weighted by Crippen LogP contribution is -2.29. The molecular weight excluding hydrogens is 260 g/mol. The maximum atomic E-state index is 12.0. The van der Waals surface area contributed by atoms with Crippen LogP contribution in [0.1, 0.15) is 37.0 Å². The van der Waals surface area contributed by atoms with Gasteiger partial charge in [-0.25, -0.2) is 9.59 Å². The van der Waals surface area contributed by atoms with E-state index in [1.165, 1.54) is 12.1 Å². The highest BCUT2D eigenvalue weighted by Crippen LogP contribution is 2.18. The molecule has 1 aromatic carbocycles. The van der Waals surface area contributed by atoms with Crippen LogP contribution < -0.4 is 11.5 Å². The number of anilines is 2. The summed E-state index contributed by atoms with van der Waals surface area (Å²) in [5, 5.41) is 0. The Bertz CT molecular complexity index is 488. The highest BCUT2D eigenvalue weighted by atomic mass is 16.6. The molecule has 0 aliphatic heterocycles. The molecule has 1 unspecified atom stereocenters. The summed E-state index contributed by atoms with van der Waals surface area (Å²) in [4.78, 5) is 23.7. The van der Waals surface area contributed by atoms with Crippen molar-refractivity contribution >= 4 is 23.3 Å². The van der Waals surface area contributed by atoms with E-state index >= 15 is 0 Å². The van der Waals surface area contributed by atoms with Gasteiger partial charge in [0.15, 0.2) is 6.10 Å². The molecule has 0 radical (unpaired) electrons. The average molecular weight is 280 g/mol. The summed E-state index contributed by atoms with van der Waals surface area (Å²) >= 11 is 0. The van der Waals surface area contributed by atoms with Crippen molar-refractivity contribution in [2.45, 2.75) is 32.8 Å². The fraction of sp³-hybridized carbons (Fsp3) is 0.429. The van der Waals surface area contributed by atoms with E-state index in [9.17, 15) is 9.59 Å². The summed E-state index contributed by atoms with van der Waals surface area (Å²) in [6.07, 6.45) is 0.178. The van der Waals surface area contributed by atoms with Gasteiger partial charge < -0.3 is 20.9 Å². The summed E-state index contributed by atoms with van der Waals surface area (Å²) in [6, 6.07) is 4.49. The molecule has 6 nitrogen and oxygen atoms in total. The van der Waals surface area contributed by atoms with Crippen LogP contribution in [0.5, 0.6) is 0 Å². The van der Waals surface area contributed by atoms with Gasteiger partial charge in [-0.3, -0.25) is 0 Å². The smallest absolute Gasteiger partial charge is 0.347 e. The highest BCUT2D eigenvalue weighted by Gasteiger charge is 2.24. The lowest BCUT2D eigenvalue weighted by atomic mass is 10.1. The molecule has 0 spiro atoms. The van der Waals surface area contributed by atoms with Crippen LogP contribution in [0.2, 0.25) is 0 Å². The molecule has 110 valence electrons. The molecular formula is C14H20N2O4. The first-order chi connectivity index (χ1) is 9.49. The van der Waals surface area contributed by atoms with Crippen LogP contribution in [-0.4, -0.2) is 24.6 Å². The number of carbonyl (C=O) groups is 2. The zero-order chi connectivity index (χ0) is 15.1. The first-order valence-corrected chi connectivity index (χ1v) is 6.52. The number of benzene rings is 1. The van der Waals surface area contributed by atoms with Crippen LogP contribution in [0.3, 0.4) is 0 Å². The van der Waals surface area contributed by atoms with Gasteiger partial charge in [0, 0.05) is 11.4 Å². The Kier molecular flexibility index (Phi) is 5.83. The van der Waals surface area contributed by atoms with Crippen molar-refractivity contribution in [3.8, 4) is 0 Å². The fourth-order valence-corrected chi connectivity index (χ4v) is 1.68. The minimum absolute atomic E-state index is 0.185. The third-order valence-electron chi connectivity index (χ3n) is 2.65. The van der Waals surface area contributed by atoms with E-state index in [4.69, 9.17) is 20.9 Å². The summed E-state index contributed by atoms with van der Waals surface area (Å²) in [5.74, 6) is -1.20. The first kappa shape index (κ1) is 15.8. The number of rotatable bonds is 6. The molecule has 0 bridgehead atoms. The Hall–Kier alpha value is -2.24. The predicted molar refractivity (Wildman–Crippen MR) is 76.0 cm³/mol. The number of nitrogen functional groups attached to an aromatic ring is 2. The number of nitrogens with two attached hydrogens (primary N) is 2. The number of esters is 2. The normalized spacial score (nSPS) is 11.7. The van der Waals surface area contributed by atoms with Crippen molar-refractivity contribution in [2.75, 3.05) is 18.1 Å². The molecule has 0 aromatic heterocycles. The second-order valence-electron chi connectivity index (χ2n) is 4.28. The van der Waals surface area contributed by atoms with Crippen LogP contribution in [0, 0.1) is 0 Å². The van der Waals surface area contributed by atoms with Crippen molar-refractivity contribution in [1.29, 1.82) is 0 Å². The van der Waals surface area contributed by atoms with Gasteiger partial charge >= 0.3 is 11.9 Å². The molecule has 0 saturated heterocycles. The van der Waals surface area contributed by atoms with E-state index < -0.39 is 18.0 Å². The zero-order valence-corrected chi connectivity index (χ0v) is 11.7. The number of hydrogen-bond acceptors (Lipinski definition) is 6. The van der Waals surface area contributed by atoms with Crippen LogP contribution in [0.4, 0.5) is 11.4 Å². The Morgan fingerprint density at radius 3 is 2.50 bits per heavy atom. The fourth-order valence-electron chi connectivity index (χ4n) is 1.68. The standard InChI is InChI=1S/C14H20N2O4/c1-3-5-12(14(18)19-4-2)20-13(17)10-7-6-9(15)8-11(10)16/h6-8,12H,3-5,15-16H2,1-2H3. The first-order valence-electron chi connectivity index (χ1n) is 6.52. The van der Waals surface area contributed by atoms with E-state index in [0.29, 0.717) is 18.5 Å². The summed E-state index contributed by atoms with van der Waals surface area (Å²) in [6.45, 7) is 3.82. The molecule has 1 aromatic rings. The van der Waals surface area contributed by atoms with E-state index in [2.05, 4.69) is 0 Å². The zero-order valence-electron chi connectivity index (χ0n) is 11.7. The third-order valence-corrected chi connectivity index (χ3v) is 2.65. The van der Waals surface area contributed by atoms with Gasteiger partial charge in [0.2, 0.25) is 0 Å². The van der Waals surface area contributed by atoms with Crippen molar-refractivity contribution in [1.82, 2.24) is 0 Å². The SMILES string of the molecule is CCCC(OC(=O)c1ccc(N)cc1N)C(=O)OCC. The minimum Gasteiger partial charge on any atom is -0.463 e. The second-order valence-corrected chi connectivity index (χ2v) is 4.28. The van der Waals surface area contributed by atoms with E-state index in [1.807, 2.05) is 6.92 Å². The van der Waals surface area contributed by atoms with E-state index in [-0.39, 0.29) is 17.9 Å². The molecule has 20 heavy (non-hydrogen) atoms. The number of ether oxygens (including phenoxy) is 2. The van der Waals surface area contributed by atoms with Crippen LogP contribution in [0.25, 0.3) is 0 Å². The molecule has 0 aliphatic carbocycles. The predicted octanol–water partition coefficient (Wildman–Crippen LogP) is 1.74. The maximum Gasteiger partial charge on any atom is 0.347 e. The Morgan fingerprint density at radius 1 is 1.25 bits per heavy atom. The van der Waals surface area contributed by atoms with Gasteiger partial charge in [-0.05, 0) is 31.5 Å².